The summed E-state index contributed by atoms with van der Waals surface area (Å²) in [5, 5.41) is 6.31. The van der Waals surface area contributed by atoms with E-state index in [0.29, 0.717) is 11.8 Å². The van der Waals surface area contributed by atoms with Gasteiger partial charge in [-0.25, -0.2) is 13.4 Å². The Hall–Kier alpha value is -0.460. The van der Waals surface area contributed by atoms with Gasteiger partial charge in [-0.2, -0.15) is 0 Å². The van der Waals surface area contributed by atoms with Crippen molar-refractivity contribution in [2.75, 3.05) is 11.5 Å². The molecule has 4 nitrogen and oxygen atoms in total. The second-order valence-corrected chi connectivity index (χ2v) is 7.93. The number of rotatable bonds is 4. The molecule has 2 heterocycles. The van der Waals surface area contributed by atoms with Crippen LogP contribution >= 0.6 is 11.3 Å². The van der Waals surface area contributed by atoms with Crippen molar-refractivity contribution in [2.45, 2.75) is 38.8 Å². The average molecular weight is 274 g/mol. The van der Waals surface area contributed by atoms with Crippen LogP contribution in [0.2, 0.25) is 0 Å². The largest absolute Gasteiger partial charge is 0.309 e. The minimum Gasteiger partial charge on any atom is -0.309 e. The van der Waals surface area contributed by atoms with Crippen molar-refractivity contribution < 1.29 is 8.42 Å². The number of sulfone groups is 1. The first-order valence-corrected chi connectivity index (χ1v) is 8.54. The Balaban J connectivity index is 1.99. The summed E-state index contributed by atoms with van der Waals surface area (Å²) >= 11 is 1.58. The first-order chi connectivity index (χ1) is 7.96. The second-order valence-electron chi connectivity index (χ2n) is 4.81. The van der Waals surface area contributed by atoms with Crippen LogP contribution in [0.1, 0.15) is 36.9 Å². The highest BCUT2D eigenvalue weighted by molar-refractivity contribution is 7.91. The lowest BCUT2D eigenvalue weighted by molar-refractivity contribution is 0.581. The second kappa shape index (κ2) is 5.04. The molecular weight excluding hydrogens is 256 g/mol. The van der Waals surface area contributed by atoms with E-state index in [1.54, 1.807) is 11.3 Å². The van der Waals surface area contributed by atoms with Gasteiger partial charge in [-0.05, 0) is 6.42 Å². The quantitative estimate of drug-likeness (QED) is 0.905. The van der Waals surface area contributed by atoms with Crippen LogP contribution in [-0.4, -0.2) is 30.9 Å². The standard InChI is InChI=1S/C11H18N2O2S2/c1-8(2)12-5-10-6-16-11(13-10)9-3-4-17(14,15)7-9/h6,8-9,12H,3-5,7H2,1-2H3. The van der Waals surface area contributed by atoms with E-state index in [2.05, 4.69) is 24.1 Å². The van der Waals surface area contributed by atoms with Crippen LogP contribution in [0.3, 0.4) is 0 Å². The first kappa shape index (κ1) is 13.0. The molecule has 0 radical (unpaired) electrons. The van der Waals surface area contributed by atoms with E-state index < -0.39 is 9.84 Å². The fourth-order valence-electron chi connectivity index (χ4n) is 1.89. The van der Waals surface area contributed by atoms with Crippen LogP contribution in [0, 0.1) is 0 Å². The lowest BCUT2D eigenvalue weighted by atomic mass is 10.1. The molecule has 6 heteroatoms. The molecule has 1 aromatic heterocycles. The van der Waals surface area contributed by atoms with Crippen molar-refractivity contribution in [3.05, 3.63) is 16.1 Å². The summed E-state index contributed by atoms with van der Waals surface area (Å²) in [6.45, 7) is 4.95. The summed E-state index contributed by atoms with van der Waals surface area (Å²) in [6.07, 6.45) is 0.729. The minimum absolute atomic E-state index is 0.123. The normalized spacial score (nSPS) is 23.4. The van der Waals surface area contributed by atoms with Crippen LogP contribution in [0.5, 0.6) is 0 Å². The van der Waals surface area contributed by atoms with Gasteiger partial charge in [0.05, 0.1) is 22.2 Å². The number of thiazole rings is 1. The minimum atomic E-state index is -2.81. The smallest absolute Gasteiger partial charge is 0.151 e. The lowest BCUT2D eigenvalue weighted by Crippen LogP contribution is -2.22. The Kier molecular flexibility index (Phi) is 3.85. The Labute approximate surface area is 106 Å². The van der Waals surface area contributed by atoms with Gasteiger partial charge >= 0.3 is 0 Å². The first-order valence-electron chi connectivity index (χ1n) is 5.84. The van der Waals surface area contributed by atoms with Crippen molar-refractivity contribution in [3.8, 4) is 0 Å². The highest BCUT2D eigenvalue weighted by Crippen LogP contribution is 2.30. The number of nitrogens with one attached hydrogen (secondary N) is 1. The molecule has 1 aromatic rings. The molecule has 0 amide bonds. The van der Waals surface area contributed by atoms with Gasteiger partial charge in [-0.1, -0.05) is 13.8 Å². The molecule has 1 fully saturated rings. The molecule has 96 valence electrons. The number of aromatic nitrogens is 1. The lowest BCUT2D eigenvalue weighted by Gasteiger charge is -2.05. The van der Waals surface area contributed by atoms with Gasteiger partial charge in [-0.15, -0.1) is 11.3 Å². The SMILES string of the molecule is CC(C)NCc1csc(C2CCS(=O)(=O)C2)n1. The van der Waals surface area contributed by atoms with Crippen LogP contribution < -0.4 is 5.32 Å². The summed E-state index contributed by atoms with van der Waals surface area (Å²) in [7, 11) is -2.81. The molecule has 1 unspecified atom stereocenters. The monoisotopic (exact) mass is 274 g/mol. The summed E-state index contributed by atoms with van der Waals surface area (Å²) in [5.41, 5.74) is 1.02. The number of nitrogens with zero attached hydrogens (tertiary/aromatic N) is 1. The molecule has 0 spiro atoms. The molecule has 1 aliphatic heterocycles. The van der Waals surface area contributed by atoms with Gasteiger partial charge in [-0.3, -0.25) is 0 Å². The predicted molar refractivity (Wildman–Crippen MR) is 70.1 cm³/mol. The van der Waals surface area contributed by atoms with E-state index in [4.69, 9.17) is 0 Å². The van der Waals surface area contributed by atoms with Crippen LogP contribution in [0.4, 0.5) is 0 Å². The van der Waals surface area contributed by atoms with E-state index >= 15 is 0 Å². The molecular formula is C11H18N2O2S2. The highest BCUT2D eigenvalue weighted by atomic mass is 32.2. The number of hydrogen-bond acceptors (Lipinski definition) is 5. The molecule has 2 rings (SSSR count). The average Bonchev–Trinajstić information content (AvgIpc) is 2.81. The van der Waals surface area contributed by atoms with E-state index in [1.165, 1.54) is 0 Å². The van der Waals surface area contributed by atoms with E-state index in [0.717, 1.165) is 23.7 Å². The summed E-state index contributed by atoms with van der Waals surface area (Å²) in [4.78, 5) is 4.52. The maximum atomic E-state index is 11.4. The molecule has 0 bridgehead atoms. The van der Waals surface area contributed by atoms with Crippen molar-refractivity contribution in [1.29, 1.82) is 0 Å². The van der Waals surface area contributed by atoms with E-state index in [1.807, 2.05) is 5.38 Å². The third kappa shape index (κ3) is 3.50. The molecule has 1 N–H and O–H groups in total. The molecule has 0 aromatic carbocycles. The molecule has 1 atom stereocenters. The Morgan fingerprint density at radius 1 is 1.59 bits per heavy atom. The van der Waals surface area contributed by atoms with Crippen molar-refractivity contribution >= 4 is 21.2 Å². The van der Waals surface area contributed by atoms with Crippen molar-refractivity contribution in [3.63, 3.8) is 0 Å². The van der Waals surface area contributed by atoms with Gasteiger partial charge < -0.3 is 5.32 Å². The molecule has 1 aliphatic rings. The Morgan fingerprint density at radius 3 is 2.94 bits per heavy atom. The number of hydrogen-bond donors (Lipinski definition) is 1. The predicted octanol–water partition coefficient (Wildman–Crippen LogP) is 1.54. The van der Waals surface area contributed by atoms with Gasteiger partial charge in [0.25, 0.3) is 0 Å². The maximum absolute atomic E-state index is 11.4. The van der Waals surface area contributed by atoms with E-state index in [9.17, 15) is 8.42 Å². The fraction of sp³-hybridized carbons (Fsp3) is 0.727. The van der Waals surface area contributed by atoms with Gasteiger partial charge in [0.15, 0.2) is 9.84 Å². The Bertz CT molecular complexity index is 479. The van der Waals surface area contributed by atoms with Gasteiger partial charge in [0, 0.05) is 23.9 Å². The summed E-state index contributed by atoms with van der Waals surface area (Å²) < 4.78 is 22.8. The highest BCUT2D eigenvalue weighted by Gasteiger charge is 2.30. The molecule has 1 saturated heterocycles. The topological polar surface area (TPSA) is 59.1 Å². The summed E-state index contributed by atoms with van der Waals surface area (Å²) in [6, 6.07) is 0.437. The van der Waals surface area contributed by atoms with Crippen molar-refractivity contribution in [1.82, 2.24) is 10.3 Å². The maximum Gasteiger partial charge on any atom is 0.151 e. The Morgan fingerprint density at radius 2 is 2.35 bits per heavy atom. The zero-order chi connectivity index (χ0) is 12.5. The third-order valence-electron chi connectivity index (χ3n) is 2.84. The molecule has 0 saturated carbocycles. The van der Waals surface area contributed by atoms with Gasteiger partial charge in [0.1, 0.15) is 0 Å². The zero-order valence-corrected chi connectivity index (χ0v) is 11.8. The molecule has 0 aliphatic carbocycles. The fourth-order valence-corrected chi connectivity index (χ4v) is 4.70. The molecule has 17 heavy (non-hydrogen) atoms. The van der Waals surface area contributed by atoms with Crippen LogP contribution in [0.25, 0.3) is 0 Å². The summed E-state index contributed by atoms with van der Waals surface area (Å²) in [5.74, 6) is 0.715. The van der Waals surface area contributed by atoms with Crippen LogP contribution in [-0.2, 0) is 16.4 Å². The van der Waals surface area contributed by atoms with Crippen LogP contribution in [0.15, 0.2) is 5.38 Å². The van der Waals surface area contributed by atoms with Crippen molar-refractivity contribution in [2.24, 2.45) is 0 Å². The van der Waals surface area contributed by atoms with Gasteiger partial charge in [0.2, 0.25) is 0 Å². The van der Waals surface area contributed by atoms with E-state index in [-0.39, 0.29) is 11.7 Å². The third-order valence-corrected chi connectivity index (χ3v) is 5.67. The zero-order valence-electron chi connectivity index (χ0n) is 10.1.